The van der Waals surface area contributed by atoms with E-state index in [2.05, 4.69) is 23.7 Å². The van der Waals surface area contributed by atoms with E-state index in [4.69, 9.17) is 9.47 Å². The molecule has 26 heavy (non-hydrogen) atoms. The van der Waals surface area contributed by atoms with E-state index in [1.807, 2.05) is 42.5 Å². The summed E-state index contributed by atoms with van der Waals surface area (Å²) in [6.07, 6.45) is -0.266. The third-order valence-electron chi connectivity index (χ3n) is 4.71. The maximum absolute atomic E-state index is 13.4. The number of benzene rings is 2. The molecule has 5 rings (SSSR count). The zero-order valence-corrected chi connectivity index (χ0v) is 14.9. The van der Waals surface area contributed by atoms with Gasteiger partial charge in [-0.05, 0) is 48.2 Å². The number of hydrogen-bond donors (Lipinski definition) is 1. The molecule has 3 aromatic rings. The molecule has 0 fully saturated rings. The molecule has 0 spiro atoms. The molecule has 2 aliphatic heterocycles. The smallest absolute Gasteiger partial charge is 0.262 e. The van der Waals surface area contributed by atoms with Gasteiger partial charge in [-0.25, -0.2) is 0 Å². The number of para-hydroxylation sites is 1. The second-order valence-electron chi connectivity index (χ2n) is 6.27. The lowest BCUT2D eigenvalue weighted by Gasteiger charge is -2.37. The van der Waals surface area contributed by atoms with Crippen LogP contribution in [0.25, 0.3) is 0 Å². The Labute approximate surface area is 154 Å². The number of anilines is 2. The predicted octanol–water partition coefficient (Wildman–Crippen LogP) is 4.56. The number of fused-ring (bicyclic) bond motifs is 2. The summed E-state index contributed by atoms with van der Waals surface area (Å²) in [6, 6.07) is 15.3. The van der Waals surface area contributed by atoms with Crippen LogP contribution in [0.2, 0.25) is 0 Å². The van der Waals surface area contributed by atoms with Crippen LogP contribution in [-0.4, -0.2) is 12.7 Å². The molecule has 3 heterocycles. The summed E-state index contributed by atoms with van der Waals surface area (Å²) in [5.41, 5.74) is 3.45. The monoisotopic (exact) mass is 364 g/mol. The van der Waals surface area contributed by atoms with Crippen molar-refractivity contribution in [3.05, 3.63) is 69.9 Å². The van der Waals surface area contributed by atoms with Gasteiger partial charge in [-0.1, -0.05) is 12.1 Å². The van der Waals surface area contributed by atoms with Crippen molar-refractivity contribution in [2.24, 2.45) is 0 Å². The van der Waals surface area contributed by atoms with E-state index >= 15 is 0 Å². The van der Waals surface area contributed by atoms with Crippen LogP contribution in [0, 0.1) is 6.92 Å². The van der Waals surface area contributed by atoms with Gasteiger partial charge in [0.25, 0.3) is 5.91 Å². The van der Waals surface area contributed by atoms with Crippen molar-refractivity contribution in [2.75, 3.05) is 17.0 Å². The van der Waals surface area contributed by atoms with Crippen LogP contribution < -0.4 is 19.7 Å². The van der Waals surface area contributed by atoms with Gasteiger partial charge in [-0.2, -0.15) is 0 Å². The number of amides is 1. The van der Waals surface area contributed by atoms with E-state index in [1.165, 1.54) is 0 Å². The number of aryl methyl sites for hydroxylation is 1. The fourth-order valence-corrected chi connectivity index (χ4v) is 4.37. The first-order valence-electron chi connectivity index (χ1n) is 8.35. The number of nitrogens with one attached hydrogen (secondary N) is 1. The topological polar surface area (TPSA) is 50.8 Å². The molecule has 2 aromatic carbocycles. The first-order chi connectivity index (χ1) is 12.7. The second-order valence-corrected chi connectivity index (χ2v) is 7.22. The molecule has 5 nitrogen and oxygen atoms in total. The Morgan fingerprint density at radius 1 is 1.12 bits per heavy atom. The number of hydrogen-bond acceptors (Lipinski definition) is 5. The molecule has 6 heteroatoms. The average Bonchev–Trinajstić information content (AvgIpc) is 3.29. The minimum atomic E-state index is -0.266. The van der Waals surface area contributed by atoms with Crippen LogP contribution in [-0.2, 0) is 0 Å². The number of thiophene rings is 1. The van der Waals surface area contributed by atoms with Gasteiger partial charge in [0.15, 0.2) is 11.5 Å². The summed E-state index contributed by atoms with van der Waals surface area (Å²) in [5, 5.41) is 5.58. The highest BCUT2D eigenvalue weighted by Gasteiger charge is 2.36. The Morgan fingerprint density at radius 3 is 2.81 bits per heavy atom. The largest absolute Gasteiger partial charge is 0.454 e. The third-order valence-corrected chi connectivity index (χ3v) is 5.78. The highest BCUT2D eigenvalue weighted by atomic mass is 32.1. The molecule has 130 valence electrons. The maximum Gasteiger partial charge on any atom is 0.262 e. The molecule has 0 saturated heterocycles. The number of rotatable bonds is 2. The van der Waals surface area contributed by atoms with Crippen LogP contribution >= 0.6 is 11.3 Å². The molecule has 1 N–H and O–H groups in total. The first-order valence-corrected chi connectivity index (χ1v) is 9.23. The minimum Gasteiger partial charge on any atom is -0.454 e. The first kappa shape index (κ1) is 15.3. The summed E-state index contributed by atoms with van der Waals surface area (Å²) in [7, 11) is 0. The highest BCUT2D eigenvalue weighted by Crippen LogP contribution is 2.42. The highest BCUT2D eigenvalue weighted by molar-refractivity contribution is 7.10. The average molecular weight is 364 g/mol. The van der Waals surface area contributed by atoms with Gasteiger partial charge in [0, 0.05) is 11.8 Å². The van der Waals surface area contributed by atoms with Crippen molar-refractivity contribution in [3.8, 4) is 11.5 Å². The SMILES string of the molecule is Cc1ccsc1[C@H]1Nc2ccccc2C(=O)N1c1ccc2c(c1)OCO2. The van der Waals surface area contributed by atoms with E-state index in [0.717, 1.165) is 21.8 Å². The quantitative estimate of drug-likeness (QED) is 0.724. The molecule has 1 aromatic heterocycles. The zero-order valence-electron chi connectivity index (χ0n) is 14.1. The van der Waals surface area contributed by atoms with Crippen LogP contribution in [0.15, 0.2) is 53.9 Å². The molecule has 2 aliphatic rings. The standard InChI is InChI=1S/C20H16N2O3S/c1-12-8-9-26-18(12)19-21-15-5-3-2-4-14(15)20(23)22(19)13-6-7-16-17(10-13)25-11-24-16/h2-10,19,21H,11H2,1H3/t19-/m0/s1. The van der Waals surface area contributed by atoms with Gasteiger partial charge in [0.05, 0.1) is 16.1 Å². The fourth-order valence-electron chi connectivity index (χ4n) is 3.40. The number of carbonyl (C=O) groups excluding carboxylic acids is 1. The third kappa shape index (κ3) is 2.26. The molecule has 0 radical (unpaired) electrons. The van der Waals surface area contributed by atoms with Gasteiger partial charge in [-0.3, -0.25) is 9.69 Å². The van der Waals surface area contributed by atoms with Gasteiger partial charge in [0.2, 0.25) is 6.79 Å². The molecule has 1 amide bonds. The Morgan fingerprint density at radius 2 is 1.96 bits per heavy atom. The van der Waals surface area contributed by atoms with E-state index < -0.39 is 0 Å². The summed E-state index contributed by atoms with van der Waals surface area (Å²) >= 11 is 1.64. The molecule has 1 atom stereocenters. The van der Waals surface area contributed by atoms with Crippen molar-refractivity contribution in [2.45, 2.75) is 13.1 Å². The van der Waals surface area contributed by atoms with Crippen LogP contribution in [0.1, 0.15) is 27.0 Å². The molecular weight excluding hydrogens is 348 g/mol. The van der Waals surface area contributed by atoms with Crippen LogP contribution in [0.4, 0.5) is 11.4 Å². The Balaban J connectivity index is 1.67. The van der Waals surface area contributed by atoms with Crippen LogP contribution in [0.3, 0.4) is 0 Å². The van der Waals surface area contributed by atoms with Crippen molar-refractivity contribution < 1.29 is 14.3 Å². The minimum absolute atomic E-state index is 0.0315. The predicted molar refractivity (Wildman–Crippen MR) is 101 cm³/mol. The van der Waals surface area contributed by atoms with Crippen molar-refractivity contribution in [1.29, 1.82) is 0 Å². The maximum atomic E-state index is 13.4. The summed E-state index contributed by atoms with van der Waals surface area (Å²) < 4.78 is 10.9. The zero-order chi connectivity index (χ0) is 17.7. The second kappa shape index (κ2) is 5.78. The normalized spacial score (nSPS) is 17.8. The number of carbonyl (C=O) groups is 1. The summed E-state index contributed by atoms with van der Waals surface area (Å²) in [5.74, 6) is 1.34. The van der Waals surface area contributed by atoms with E-state index in [-0.39, 0.29) is 18.9 Å². The Kier molecular flexibility index (Phi) is 3.39. The molecular formula is C20H16N2O3S. The molecule has 0 unspecified atom stereocenters. The van der Waals surface area contributed by atoms with Crippen LogP contribution in [0.5, 0.6) is 11.5 Å². The Bertz CT molecular complexity index is 1010. The van der Waals surface area contributed by atoms with Crippen molar-refractivity contribution in [1.82, 2.24) is 0 Å². The van der Waals surface area contributed by atoms with E-state index in [1.54, 1.807) is 16.2 Å². The van der Waals surface area contributed by atoms with Crippen molar-refractivity contribution >= 4 is 28.6 Å². The van der Waals surface area contributed by atoms with E-state index in [9.17, 15) is 4.79 Å². The summed E-state index contributed by atoms with van der Waals surface area (Å²) in [4.78, 5) is 16.3. The number of ether oxygens (including phenoxy) is 2. The fraction of sp³-hybridized carbons (Fsp3) is 0.150. The van der Waals surface area contributed by atoms with Crippen molar-refractivity contribution in [3.63, 3.8) is 0 Å². The van der Waals surface area contributed by atoms with Gasteiger partial charge < -0.3 is 14.8 Å². The van der Waals surface area contributed by atoms with Gasteiger partial charge in [0.1, 0.15) is 6.17 Å². The molecule has 0 aliphatic carbocycles. The molecule has 0 saturated carbocycles. The van der Waals surface area contributed by atoms with E-state index in [0.29, 0.717) is 17.1 Å². The lowest BCUT2D eigenvalue weighted by Crippen LogP contribution is -2.43. The molecule has 0 bridgehead atoms. The lowest BCUT2D eigenvalue weighted by atomic mass is 10.0. The van der Waals surface area contributed by atoms with Gasteiger partial charge in [-0.15, -0.1) is 11.3 Å². The summed E-state index contributed by atoms with van der Waals surface area (Å²) in [6.45, 7) is 2.28. The number of nitrogens with zero attached hydrogens (tertiary/aromatic N) is 1. The lowest BCUT2D eigenvalue weighted by molar-refractivity contribution is 0.0975. The van der Waals surface area contributed by atoms with Gasteiger partial charge >= 0.3 is 0 Å². The Hall–Kier alpha value is -2.99.